The molecule has 0 N–H and O–H groups in total. The van der Waals surface area contributed by atoms with Gasteiger partial charge in [0, 0.05) is 6.42 Å². The van der Waals surface area contributed by atoms with Crippen molar-refractivity contribution in [1.82, 2.24) is 0 Å². The SMILES string of the molecule is C=COCCCCOC(=O)c1cc(OC(=O)CCCCOC=C)cc(C(=O)OCCCCOC=C)c1. The van der Waals surface area contributed by atoms with Gasteiger partial charge < -0.3 is 28.4 Å². The number of benzene rings is 1. The molecule has 36 heavy (non-hydrogen) atoms. The van der Waals surface area contributed by atoms with Crippen molar-refractivity contribution < 1.29 is 42.8 Å². The third-order valence-corrected chi connectivity index (χ3v) is 4.64. The number of esters is 3. The second-order valence-electron chi connectivity index (χ2n) is 7.48. The zero-order valence-electron chi connectivity index (χ0n) is 20.7. The number of hydrogen-bond acceptors (Lipinski definition) is 9. The van der Waals surface area contributed by atoms with Crippen LogP contribution in [0.15, 0.2) is 56.7 Å². The molecule has 0 radical (unpaired) electrons. The van der Waals surface area contributed by atoms with Gasteiger partial charge in [-0.05, 0) is 56.7 Å². The van der Waals surface area contributed by atoms with Crippen LogP contribution in [0.4, 0.5) is 0 Å². The number of carbonyl (C=O) groups is 3. The van der Waals surface area contributed by atoms with Crippen molar-refractivity contribution >= 4 is 17.9 Å². The van der Waals surface area contributed by atoms with E-state index in [1.54, 1.807) is 0 Å². The highest BCUT2D eigenvalue weighted by molar-refractivity contribution is 5.96. The normalized spacial score (nSPS) is 10.0. The Morgan fingerprint density at radius 3 is 1.47 bits per heavy atom. The van der Waals surface area contributed by atoms with Crippen LogP contribution in [0.1, 0.15) is 65.7 Å². The fourth-order valence-corrected chi connectivity index (χ4v) is 2.85. The van der Waals surface area contributed by atoms with Gasteiger partial charge in [0.05, 0.1) is 62.9 Å². The molecular weight excluding hydrogens is 468 g/mol. The van der Waals surface area contributed by atoms with Gasteiger partial charge in [-0.25, -0.2) is 9.59 Å². The van der Waals surface area contributed by atoms with Crippen LogP contribution >= 0.6 is 0 Å². The summed E-state index contributed by atoms with van der Waals surface area (Å²) in [6.07, 6.45) is 7.95. The number of unbranched alkanes of at least 4 members (excludes halogenated alkanes) is 3. The lowest BCUT2D eigenvalue weighted by atomic mass is 10.1. The fourth-order valence-electron chi connectivity index (χ4n) is 2.85. The van der Waals surface area contributed by atoms with Gasteiger partial charge in [0.15, 0.2) is 0 Å². The maximum Gasteiger partial charge on any atom is 0.338 e. The molecule has 9 nitrogen and oxygen atoms in total. The molecule has 0 spiro atoms. The Hall–Kier alpha value is -3.75. The van der Waals surface area contributed by atoms with Crippen LogP contribution in [-0.4, -0.2) is 50.9 Å². The highest BCUT2D eigenvalue weighted by atomic mass is 16.5. The second-order valence-corrected chi connectivity index (χ2v) is 7.48. The fraction of sp³-hybridized carbons (Fsp3) is 0.444. The topological polar surface area (TPSA) is 107 Å². The van der Waals surface area contributed by atoms with Gasteiger partial charge in [-0.2, -0.15) is 0 Å². The molecule has 0 aliphatic heterocycles. The standard InChI is InChI=1S/C27H36O9/c1-4-31-14-8-7-13-25(28)36-24-20-22(26(29)34-17-11-9-15-32-5-2)19-23(21-24)27(30)35-18-12-10-16-33-6-3/h4-6,19-21H,1-3,7-18H2. The molecule has 9 heteroatoms. The van der Waals surface area contributed by atoms with Crippen molar-refractivity contribution in [3.8, 4) is 5.75 Å². The minimum atomic E-state index is -0.644. The van der Waals surface area contributed by atoms with Crippen molar-refractivity contribution in [1.29, 1.82) is 0 Å². The quantitative estimate of drug-likeness (QED) is 0.0976. The van der Waals surface area contributed by atoms with Gasteiger partial charge in [-0.3, -0.25) is 4.79 Å². The molecule has 198 valence electrons. The third-order valence-electron chi connectivity index (χ3n) is 4.64. The summed E-state index contributed by atoms with van der Waals surface area (Å²) in [5.41, 5.74) is 0.154. The molecule has 0 aliphatic carbocycles. The molecule has 1 aromatic rings. The van der Waals surface area contributed by atoms with E-state index in [9.17, 15) is 14.4 Å². The van der Waals surface area contributed by atoms with Gasteiger partial charge in [0.1, 0.15) is 5.75 Å². The summed E-state index contributed by atoms with van der Waals surface area (Å²) in [5.74, 6) is -1.73. The van der Waals surface area contributed by atoms with Gasteiger partial charge in [0.25, 0.3) is 0 Å². The van der Waals surface area contributed by atoms with E-state index in [0.717, 1.165) is 0 Å². The highest BCUT2D eigenvalue weighted by Crippen LogP contribution is 2.20. The first kappa shape index (κ1) is 30.3. The predicted octanol–water partition coefficient (Wildman–Crippen LogP) is 5.12. The van der Waals surface area contributed by atoms with E-state index in [4.69, 9.17) is 28.4 Å². The van der Waals surface area contributed by atoms with Crippen LogP contribution in [0.25, 0.3) is 0 Å². The molecule has 0 fully saturated rings. The average molecular weight is 505 g/mol. The van der Waals surface area contributed by atoms with Crippen molar-refractivity contribution in [2.24, 2.45) is 0 Å². The second kappa shape index (κ2) is 19.5. The Labute approximate surface area is 212 Å². The van der Waals surface area contributed by atoms with Gasteiger partial charge in [0.2, 0.25) is 0 Å². The first-order valence-corrected chi connectivity index (χ1v) is 11.9. The minimum Gasteiger partial charge on any atom is -0.502 e. The Kier molecular flexibility index (Phi) is 16.4. The van der Waals surface area contributed by atoms with Crippen molar-refractivity contribution in [3.63, 3.8) is 0 Å². The van der Waals surface area contributed by atoms with Crippen LogP contribution in [0, 0.1) is 0 Å². The monoisotopic (exact) mass is 504 g/mol. The first-order valence-electron chi connectivity index (χ1n) is 11.9. The Balaban J connectivity index is 2.78. The lowest BCUT2D eigenvalue weighted by molar-refractivity contribution is -0.134. The lowest BCUT2D eigenvalue weighted by Gasteiger charge is -2.11. The molecule has 0 aliphatic rings. The maximum absolute atomic E-state index is 12.6. The summed E-state index contributed by atoms with van der Waals surface area (Å²) in [5, 5.41) is 0. The van der Waals surface area contributed by atoms with Gasteiger partial charge in [-0.1, -0.05) is 19.7 Å². The average Bonchev–Trinajstić information content (AvgIpc) is 2.87. The Morgan fingerprint density at radius 1 is 0.611 bits per heavy atom. The molecule has 1 aromatic carbocycles. The largest absolute Gasteiger partial charge is 0.502 e. The summed E-state index contributed by atoms with van der Waals surface area (Å²) in [4.78, 5) is 37.4. The van der Waals surface area contributed by atoms with Crippen molar-refractivity contribution in [3.05, 3.63) is 67.8 Å². The molecule has 0 bridgehead atoms. The first-order chi connectivity index (χ1) is 17.5. The van der Waals surface area contributed by atoms with Crippen molar-refractivity contribution in [2.45, 2.75) is 44.9 Å². The van der Waals surface area contributed by atoms with E-state index in [1.807, 2.05) is 0 Å². The van der Waals surface area contributed by atoms with E-state index in [0.29, 0.717) is 58.3 Å². The molecule has 0 saturated heterocycles. The van der Waals surface area contributed by atoms with E-state index in [1.165, 1.54) is 37.0 Å². The molecule has 0 heterocycles. The maximum atomic E-state index is 12.6. The van der Waals surface area contributed by atoms with Gasteiger partial charge in [-0.15, -0.1) is 0 Å². The van der Waals surface area contributed by atoms with Crippen LogP contribution < -0.4 is 4.74 Å². The van der Waals surface area contributed by atoms with Crippen LogP contribution in [0.3, 0.4) is 0 Å². The highest BCUT2D eigenvalue weighted by Gasteiger charge is 2.17. The summed E-state index contributed by atoms with van der Waals surface area (Å²) in [6.45, 7) is 12.1. The smallest absolute Gasteiger partial charge is 0.338 e. The summed E-state index contributed by atoms with van der Waals surface area (Å²) in [7, 11) is 0. The number of hydrogen-bond donors (Lipinski definition) is 0. The third kappa shape index (κ3) is 13.8. The molecule has 0 saturated carbocycles. The van der Waals surface area contributed by atoms with Crippen LogP contribution in [0.2, 0.25) is 0 Å². The summed E-state index contributed by atoms with van der Waals surface area (Å²) >= 11 is 0. The summed E-state index contributed by atoms with van der Waals surface area (Å²) < 4.78 is 31.0. The molecule has 0 unspecified atom stereocenters. The molecule has 0 aromatic heterocycles. The number of rotatable bonds is 21. The Morgan fingerprint density at radius 2 is 1.03 bits per heavy atom. The number of ether oxygens (including phenoxy) is 6. The zero-order valence-corrected chi connectivity index (χ0v) is 20.7. The lowest BCUT2D eigenvalue weighted by Crippen LogP contribution is -2.13. The van der Waals surface area contributed by atoms with Gasteiger partial charge >= 0.3 is 17.9 Å². The predicted molar refractivity (Wildman–Crippen MR) is 133 cm³/mol. The zero-order chi connectivity index (χ0) is 26.4. The van der Waals surface area contributed by atoms with Crippen molar-refractivity contribution in [2.75, 3.05) is 33.0 Å². The molecule has 1 rings (SSSR count). The van der Waals surface area contributed by atoms with E-state index < -0.39 is 17.9 Å². The summed E-state index contributed by atoms with van der Waals surface area (Å²) in [6, 6.07) is 4.09. The molecular formula is C27H36O9. The van der Waals surface area contributed by atoms with E-state index >= 15 is 0 Å². The number of carbonyl (C=O) groups excluding carboxylic acids is 3. The molecule has 0 atom stereocenters. The minimum absolute atomic E-state index is 0.0579. The van der Waals surface area contributed by atoms with E-state index in [-0.39, 0.29) is 36.5 Å². The molecule has 0 amide bonds. The van der Waals surface area contributed by atoms with Crippen LogP contribution in [0.5, 0.6) is 5.75 Å². The van der Waals surface area contributed by atoms with Crippen LogP contribution in [-0.2, 0) is 28.5 Å². The Bertz CT molecular complexity index is 797. The van der Waals surface area contributed by atoms with E-state index in [2.05, 4.69) is 19.7 Å².